The molecule has 0 bridgehead atoms. The Bertz CT molecular complexity index is 1340. The largest absolute Gasteiger partial charge is 0.496 e. The molecule has 1 unspecified atom stereocenters. The first kappa shape index (κ1) is 22.4. The molecule has 3 aromatic rings. The normalized spacial score (nSPS) is 17.1. The number of nitrogens with zero attached hydrogens (tertiary/aromatic N) is 3. The van der Waals surface area contributed by atoms with Crippen molar-refractivity contribution >= 4 is 27.9 Å². The van der Waals surface area contributed by atoms with Crippen molar-refractivity contribution in [3.8, 4) is 29.0 Å². The first-order valence-corrected chi connectivity index (χ1v) is 12.8. The van der Waals surface area contributed by atoms with Crippen LogP contribution in [0.15, 0.2) is 58.9 Å². The minimum atomic E-state index is -0.420. The van der Waals surface area contributed by atoms with Crippen molar-refractivity contribution in [2.75, 3.05) is 19.4 Å². The molecule has 3 heterocycles. The highest BCUT2D eigenvalue weighted by molar-refractivity contribution is 8.38. The van der Waals surface area contributed by atoms with Gasteiger partial charge >= 0.3 is 0 Å². The Kier molecular flexibility index (Phi) is 6.26. The Labute approximate surface area is 206 Å². The SMILES string of the molecule is COc1ccc(C2C(C#N)=C(N)Oc3n[nH]c(-c4ccc(C)cc4)c32)cc1CSC1=NCCS1. The molecular weight excluding hydrogens is 466 g/mol. The number of benzene rings is 2. The molecule has 9 heteroatoms. The minimum absolute atomic E-state index is 0.0745. The second-order valence-electron chi connectivity index (χ2n) is 7.96. The zero-order valence-electron chi connectivity index (χ0n) is 18.8. The van der Waals surface area contributed by atoms with Crippen LogP contribution in [0.5, 0.6) is 11.6 Å². The topological polar surface area (TPSA) is 109 Å². The Balaban J connectivity index is 1.60. The van der Waals surface area contributed by atoms with Crippen LogP contribution in [-0.4, -0.2) is 34.0 Å². The summed E-state index contributed by atoms with van der Waals surface area (Å²) in [6, 6.07) is 16.4. The number of ether oxygens (including phenoxy) is 2. The Morgan fingerprint density at radius 1 is 1.29 bits per heavy atom. The molecule has 1 atom stereocenters. The second kappa shape index (κ2) is 9.49. The van der Waals surface area contributed by atoms with Gasteiger partial charge in [0.05, 0.1) is 30.8 Å². The number of hydrogen-bond donors (Lipinski definition) is 2. The maximum atomic E-state index is 10.0. The van der Waals surface area contributed by atoms with E-state index < -0.39 is 5.92 Å². The van der Waals surface area contributed by atoms with Gasteiger partial charge in [-0.2, -0.15) is 5.26 Å². The van der Waals surface area contributed by atoms with Crippen molar-refractivity contribution in [2.24, 2.45) is 10.7 Å². The summed E-state index contributed by atoms with van der Waals surface area (Å²) in [6.45, 7) is 2.91. The van der Waals surface area contributed by atoms with E-state index in [0.717, 1.165) is 61.7 Å². The van der Waals surface area contributed by atoms with Gasteiger partial charge in [0.2, 0.25) is 11.8 Å². The lowest BCUT2D eigenvalue weighted by Gasteiger charge is -2.25. The molecule has 0 amide bonds. The lowest BCUT2D eigenvalue weighted by molar-refractivity contribution is 0.379. The van der Waals surface area contributed by atoms with Gasteiger partial charge in [-0.15, -0.1) is 5.10 Å². The lowest BCUT2D eigenvalue weighted by atomic mass is 9.82. The number of aromatic amines is 1. The number of rotatable bonds is 5. The summed E-state index contributed by atoms with van der Waals surface area (Å²) in [6.07, 6.45) is 0. The average Bonchev–Trinajstić information content (AvgIpc) is 3.52. The molecule has 0 saturated carbocycles. The molecule has 2 aliphatic rings. The summed E-state index contributed by atoms with van der Waals surface area (Å²) < 4.78 is 12.5. The number of aliphatic imine (C=N–C) groups is 1. The van der Waals surface area contributed by atoms with Crippen LogP contribution in [0.2, 0.25) is 0 Å². The summed E-state index contributed by atoms with van der Waals surface area (Å²) in [4.78, 5) is 4.53. The standard InChI is InChI=1S/C25H23N5O2S2/c1-14-3-5-15(6-4-14)22-21-20(18(12-26)23(27)32-24(21)30-29-22)16-7-8-19(31-2)17(11-16)13-34-25-28-9-10-33-25/h3-8,11,20H,9-10,13,27H2,1-2H3,(H,29,30). The van der Waals surface area contributed by atoms with Crippen molar-refractivity contribution in [1.29, 1.82) is 5.26 Å². The quantitative estimate of drug-likeness (QED) is 0.522. The highest BCUT2D eigenvalue weighted by Crippen LogP contribution is 2.46. The van der Waals surface area contributed by atoms with Crippen LogP contribution in [0, 0.1) is 18.3 Å². The summed E-state index contributed by atoms with van der Waals surface area (Å²) in [5.74, 6) is 2.59. The van der Waals surface area contributed by atoms with Crippen molar-refractivity contribution in [3.05, 3.63) is 76.2 Å². The smallest absolute Gasteiger partial charge is 0.244 e. The Hall–Kier alpha value is -3.35. The van der Waals surface area contributed by atoms with Gasteiger partial charge in [0.1, 0.15) is 21.8 Å². The number of fused-ring (bicyclic) bond motifs is 1. The van der Waals surface area contributed by atoms with Gasteiger partial charge in [0, 0.05) is 22.6 Å². The Morgan fingerprint density at radius 3 is 2.82 bits per heavy atom. The molecule has 1 aromatic heterocycles. The molecule has 0 aliphatic carbocycles. The fourth-order valence-corrected chi connectivity index (χ4v) is 6.14. The monoisotopic (exact) mass is 489 g/mol. The third-order valence-corrected chi connectivity index (χ3v) is 8.13. The minimum Gasteiger partial charge on any atom is -0.496 e. The van der Waals surface area contributed by atoms with Gasteiger partial charge < -0.3 is 15.2 Å². The van der Waals surface area contributed by atoms with Gasteiger partial charge in [-0.1, -0.05) is 65.5 Å². The molecule has 2 aromatic carbocycles. The van der Waals surface area contributed by atoms with Crippen molar-refractivity contribution in [3.63, 3.8) is 0 Å². The molecule has 0 saturated heterocycles. The van der Waals surface area contributed by atoms with Crippen LogP contribution in [0.4, 0.5) is 0 Å². The molecule has 7 nitrogen and oxygen atoms in total. The number of nitrogens with two attached hydrogens (primary N) is 1. The summed E-state index contributed by atoms with van der Waals surface area (Å²) in [5, 5.41) is 17.5. The summed E-state index contributed by atoms with van der Waals surface area (Å²) >= 11 is 3.49. The summed E-state index contributed by atoms with van der Waals surface area (Å²) in [5.41, 5.74) is 12.2. The summed E-state index contributed by atoms with van der Waals surface area (Å²) in [7, 11) is 1.67. The van der Waals surface area contributed by atoms with Gasteiger partial charge in [-0.05, 0) is 18.6 Å². The molecule has 0 spiro atoms. The fourth-order valence-electron chi connectivity index (χ4n) is 4.15. The number of nitriles is 1. The van der Waals surface area contributed by atoms with Crippen LogP contribution in [-0.2, 0) is 5.75 Å². The van der Waals surface area contributed by atoms with E-state index in [1.54, 1.807) is 30.6 Å². The fraction of sp³-hybridized carbons (Fsp3) is 0.240. The van der Waals surface area contributed by atoms with Crippen LogP contribution in [0.1, 0.15) is 28.2 Å². The first-order chi connectivity index (χ1) is 16.6. The predicted molar refractivity (Wildman–Crippen MR) is 137 cm³/mol. The number of thioether (sulfide) groups is 2. The van der Waals surface area contributed by atoms with E-state index in [1.807, 2.05) is 43.3 Å². The molecule has 5 rings (SSSR count). The van der Waals surface area contributed by atoms with Crippen molar-refractivity contribution in [1.82, 2.24) is 10.2 Å². The molecule has 3 N–H and O–H groups in total. The van der Waals surface area contributed by atoms with E-state index in [4.69, 9.17) is 15.2 Å². The first-order valence-electron chi connectivity index (χ1n) is 10.8. The number of aromatic nitrogens is 2. The third kappa shape index (κ3) is 4.15. The van der Waals surface area contributed by atoms with Gasteiger partial charge in [0.25, 0.3) is 0 Å². The maximum Gasteiger partial charge on any atom is 0.244 e. The van der Waals surface area contributed by atoms with Crippen LogP contribution >= 0.6 is 23.5 Å². The molecule has 172 valence electrons. The molecule has 2 aliphatic heterocycles. The highest BCUT2D eigenvalue weighted by Gasteiger charge is 2.36. The molecule has 34 heavy (non-hydrogen) atoms. The van der Waals surface area contributed by atoms with E-state index >= 15 is 0 Å². The number of H-pyrrole nitrogens is 1. The number of aryl methyl sites for hydroxylation is 1. The second-order valence-corrected chi connectivity index (χ2v) is 10.3. The number of nitrogens with one attached hydrogen (secondary N) is 1. The number of methoxy groups -OCH3 is 1. The predicted octanol–water partition coefficient (Wildman–Crippen LogP) is 4.95. The van der Waals surface area contributed by atoms with E-state index in [0.29, 0.717) is 11.5 Å². The van der Waals surface area contributed by atoms with E-state index in [-0.39, 0.29) is 5.88 Å². The lowest BCUT2D eigenvalue weighted by Crippen LogP contribution is -2.21. The number of hydrogen-bond acceptors (Lipinski definition) is 8. The van der Waals surface area contributed by atoms with Crippen LogP contribution in [0.25, 0.3) is 11.3 Å². The van der Waals surface area contributed by atoms with Crippen LogP contribution in [0.3, 0.4) is 0 Å². The van der Waals surface area contributed by atoms with Crippen molar-refractivity contribution < 1.29 is 9.47 Å². The van der Waals surface area contributed by atoms with Crippen LogP contribution < -0.4 is 15.2 Å². The van der Waals surface area contributed by atoms with Gasteiger partial charge in [-0.25, -0.2) is 0 Å². The average molecular weight is 490 g/mol. The Morgan fingerprint density at radius 2 is 2.12 bits per heavy atom. The van der Waals surface area contributed by atoms with E-state index in [9.17, 15) is 5.26 Å². The molecular formula is C25H23N5O2S2. The van der Waals surface area contributed by atoms with Crippen molar-refractivity contribution in [2.45, 2.75) is 18.6 Å². The maximum absolute atomic E-state index is 10.0. The van der Waals surface area contributed by atoms with E-state index in [2.05, 4.69) is 27.3 Å². The number of allylic oxidation sites excluding steroid dienone is 1. The van der Waals surface area contributed by atoms with Gasteiger partial charge in [0.15, 0.2) is 0 Å². The molecule has 0 radical (unpaired) electrons. The van der Waals surface area contributed by atoms with Gasteiger partial charge in [-0.3, -0.25) is 10.1 Å². The zero-order valence-corrected chi connectivity index (χ0v) is 20.4. The third-order valence-electron chi connectivity index (χ3n) is 5.83. The highest BCUT2D eigenvalue weighted by atomic mass is 32.2. The molecule has 0 fully saturated rings. The van der Waals surface area contributed by atoms with E-state index in [1.165, 1.54) is 0 Å². The zero-order chi connectivity index (χ0) is 23.7.